The van der Waals surface area contributed by atoms with Crippen LogP contribution in [0.3, 0.4) is 0 Å². The summed E-state index contributed by atoms with van der Waals surface area (Å²) in [6.07, 6.45) is 8.67. The van der Waals surface area contributed by atoms with E-state index in [2.05, 4.69) is 15.3 Å². The van der Waals surface area contributed by atoms with Crippen molar-refractivity contribution >= 4 is 5.91 Å². The van der Waals surface area contributed by atoms with Crippen LogP contribution >= 0.6 is 0 Å². The third kappa shape index (κ3) is 4.53. The molecular formula is C22H24N4O2. The maximum atomic E-state index is 12.7. The zero-order valence-corrected chi connectivity index (χ0v) is 15.6. The Morgan fingerprint density at radius 1 is 0.964 bits per heavy atom. The molecule has 0 aliphatic carbocycles. The number of aromatic nitrogens is 2. The van der Waals surface area contributed by atoms with Crippen LogP contribution in [-0.4, -0.2) is 27.5 Å². The second-order valence-electron chi connectivity index (χ2n) is 6.68. The SMILES string of the molecule is NC(=O)C(CCc1ccncc1)(NCCc1cccnc1)c1ccccc1O. The predicted molar refractivity (Wildman–Crippen MR) is 107 cm³/mol. The van der Waals surface area contributed by atoms with E-state index in [1.54, 1.807) is 49.1 Å². The molecule has 1 unspecified atom stereocenters. The molecule has 0 saturated heterocycles. The molecule has 1 atom stereocenters. The second kappa shape index (κ2) is 9.10. The average molecular weight is 376 g/mol. The number of nitrogens with zero attached hydrogens (tertiary/aromatic N) is 2. The Morgan fingerprint density at radius 3 is 2.43 bits per heavy atom. The lowest BCUT2D eigenvalue weighted by Crippen LogP contribution is -2.53. The molecule has 0 aliphatic rings. The third-order valence-electron chi connectivity index (χ3n) is 4.89. The molecule has 0 fully saturated rings. The van der Waals surface area contributed by atoms with E-state index in [1.165, 1.54) is 0 Å². The Labute approximate surface area is 164 Å². The molecule has 3 rings (SSSR count). The summed E-state index contributed by atoms with van der Waals surface area (Å²) in [7, 11) is 0. The van der Waals surface area contributed by atoms with Gasteiger partial charge < -0.3 is 10.8 Å². The van der Waals surface area contributed by atoms with Gasteiger partial charge in [0.1, 0.15) is 11.3 Å². The molecule has 0 radical (unpaired) electrons. The van der Waals surface area contributed by atoms with Gasteiger partial charge in [-0.15, -0.1) is 0 Å². The summed E-state index contributed by atoms with van der Waals surface area (Å²) in [5, 5.41) is 13.8. The number of nitrogens with two attached hydrogens (primary N) is 1. The van der Waals surface area contributed by atoms with Crippen molar-refractivity contribution < 1.29 is 9.90 Å². The number of amides is 1. The number of benzene rings is 1. The van der Waals surface area contributed by atoms with Crippen molar-refractivity contribution in [1.82, 2.24) is 15.3 Å². The van der Waals surface area contributed by atoms with Gasteiger partial charge >= 0.3 is 0 Å². The fourth-order valence-electron chi connectivity index (χ4n) is 3.34. The number of carbonyl (C=O) groups is 1. The summed E-state index contributed by atoms with van der Waals surface area (Å²) in [4.78, 5) is 20.8. The zero-order chi connectivity index (χ0) is 19.8. The summed E-state index contributed by atoms with van der Waals surface area (Å²) < 4.78 is 0. The van der Waals surface area contributed by atoms with E-state index in [0.717, 1.165) is 11.1 Å². The first kappa shape index (κ1) is 19.5. The van der Waals surface area contributed by atoms with Crippen LogP contribution < -0.4 is 11.1 Å². The minimum Gasteiger partial charge on any atom is -0.508 e. The smallest absolute Gasteiger partial charge is 0.242 e. The van der Waals surface area contributed by atoms with Crippen molar-refractivity contribution in [2.24, 2.45) is 5.73 Å². The molecule has 0 saturated carbocycles. The molecule has 2 aromatic heterocycles. The van der Waals surface area contributed by atoms with Gasteiger partial charge in [-0.05, 0) is 54.7 Å². The Kier molecular flexibility index (Phi) is 6.34. The molecule has 0 spiro atoms. The number of carbonyl (C=O) groups excluding carboxylic acids is 1. The highest BCUT2D eigenvalue weighted by Gasteiger charge is 2.39. The lowest BCUT2D eigenvalue weighted by molar-refractivity contribution is -0.125. The number of rotatable bonds is 9. The number of para-hydroxylation sites is 1. The Bertz CT molecular complexity index is 903. The van der Waals surface area contributed by atoms with E-state index < -0.39 is 11.4 Å². The van der Waals surface area contributed by atoms with Gasteiger partial charge in [0, 0.05) is 36.9 Å². The normalized spacial score (nSPS) is 13.0. The van der Waals surface area contributed by atoms with Gasteiger partial charge in [0.15, 0.2) is 0 Å². The predicted octanol–water partition coefficient (Wildman–Crippen LogP) is 2.33. The van der Waals surface area contributed by atoms with Crippen LogP contribution in [0.25, 0.3) is 0 Å². The van der Waals surface area contributed by atoms with Crippen LogP contribution in [0.15, 0.2) is 73.3 Å². The van der Waals surface area contributed by atoms with E-state index in [4.69, 9.17) is 5.73 Å². The van der Waals surface area contributed by atoms with Crippen molar-refractivity contribution in [1.29, 1.82) is 0 Å². The summed E-state index contributed by atoms with van der Waals surface area (Å²) in [5.74, 6) is -0.473. The van der Waals surface area contributed by atoms with Gasteiger partial charge in [-0.2, -0.15) is 0 Å². The van der Waals surface area contributed by atoms with Crippen molar-refractivity contribution in [3.63, 3.8) is 0 Å². The van der Waals surface area contributed by atoms with Gasteiger partial charge in [-0.25, -0.2) is 0 Å². The quantitative estimate of drug-likeness (QED) is 0.532. The van der Waals surface area contributed by atoms with Crippen molar-refractivity contribution in [3.8, 4) is 5.75 Å². The van der Waals surface area contributed by atoms with E-state index in [-0.39, 0.29) is 5.75 Å². The van der Waals surface area contributed by atoms with Crippen molar-refractivity contribution in [3.05, 3.63) is 90.0 Å². The lowest BCUT2D eigenvalue weighted by Gasteiger charge is -2.33. The molecule has 144 valence electrons. The van der Waals surface area contributed by atoms with Gasteiger partial charge in [0.2, 0.25) is 5.91 Å². The fraction of sp³-hybridized carbons (Fsp3) is 0.227. The van der Waals surface area contributed by atoms with Gasteiger partial charge in [0.05, 0.1) is 0 Å². The molecule has 2 heterocycles. The van der Waals surface area contributed by atoms with E-state index in [9.17, 15) is 9.90 Å². The van der Waals surface area contributed by atoms with E-state index in [1.807, 2.05) is 24.3 Å². The lowest BCUT2D eigenvalue weighted by atomic mass is 9.82. The number of primary amides is 1. The topological polar surface area (TPSA) is 101 Å². The molecule has 1 amide bonds. The highest BCUT2D eigenvalue weighted by atomic mass is 16.3. The number of pyridine rings is 2. The van der Waals surface area contributed by atoms with Gasteiger partial charge in [0.25, 0.3) is 0 Å². The first-order chi connectivity index (χ1) is 13.6. The summed E-state index contributed by atoms with van der Waals surface area (Å²) in [6, 6.07) is 14.5. The number of hydrogen-bond acceptors (Lipinski definition) is 5. The third-order valence-corrected chi connectivity index (χ3v) is 4.89. The Balaban J connectivity index is 1.86. The largest absolute Gasteiger partial charge is 0.508 e. The van der Waals surface area contributed by atoms with Crippen molar-refractivity contribution in [2.75, 3.05) is 6.54 Å². The molecule has 6 nitrogen and oxygen atoms in total. The van der Waals surface area contributed by atoms with Crippen molar-refractivity contribution in [2.45, 2.75) is 24.8 Å². The molecule has 4 N–H and O–H groups in total. The standard InChI is InChI=1S/C22H24N4O2/c23-21(28)22(19-5-1-2-6-20(19)27,11-7-17-8-13-24-14-9-17)26-15-10-18-4-3-12-25-16-18/h1-6,8-9,12-14,16,26-27H,7,10-11,15H2,(H2,23,28). The Morgan fingerprint density at radius 2 is 1.75 bits per heavy atom. The number of nitrogens with one attached hydrogen (secondary N) is 1. The molecule has 1 aromatic carbocycles. The minimum atomic E-state index is -1.18. The monoisotopic (exact) mass is 376 g/mol. The van der Waals surface area contributed by atoms with Gasteiger partial charge in [-0.1, -0.05) is 24.3 Å². The second-order valence-corrected chi connectivity index (χ2v) is 6.68. The number of hydrogen-bond donors (Lipinski definition) is 3. The molecule has 6 heteroatoms. The summed E-state index contributed by atoms with van der Waals surface area (Å²) in [6.45, 7) is 0.513. The number of phenols is 1. The highest BCUT2D eigenvalue weighted by Crippen LogP contribution is 2.33. The minimum absolute atomic E-state index is 0.0462. The number of aryl methyl sites for hydroxylation is 1. The van der Waals surface area contributed by atoms with Crippen LogP contribution in [0.4, 0.5) is 0 Å². The zero-order valence-electron chi connectivity index (χ0n) is 15.6. The summed E-state index contributed by atoms with van der Waals surface area (Å²) >= 11 is 0. The maximum Gasteiger partial charge on any atom is 0.242 e. The molecule has 3 aromatic rings. The first-order valence-corrected chi connectivity index (χ1v) is 9.23. The van der Waals surface area contributed by atoms with E-state index in [0.29, 0.717) is 31.4 Å². The maximum absolute atomic E-state index is 12.7. The van der Waals surface area contributed by atoms with Crippen LogP contribution in [0.1, 0.15) is 23.1 Å². The number of phenolic OH excluding ortho intramolecular Hbond substituents is 1. The van der Waals surface area contributed by atoms with Crippen LogP contribution in [-0.2, 0) is 23.2 Å². The molecule has 0 aliphatic heterocycles. The molecule has 28 heavy (non-hydrogen) atoms. The van der Waals surface area contributed by atoms with Crippen LogP contribution in [0.5, 0.6) is 5.75 Å². The van der Waals surface area contributed by atoms with Crippen LogP contribution in [0, 0.1) is 0 Å². The Hall–Kier alpha value is -3.25. The fourth-order valence-corrected chi connectivity index (χ4v) is 3.34. The number of aromatic hydroxyl groups is 1. The van der Waals surface area contributed by atoms with E-state index >= 15 is 0 Å². The average Bonchev–Trinajstić information content (AvgIpc) is 2.72. The van der Waals surface area contributed by atoms with Gasteiger partial charge in [-0.3, -0.25) is 20.1 Å². The summed E-state index contributed by atoms with van der Waals surface area (Å²) in [5.41, 5.74) is 7.29. The van der Waals surface area contributed by atoms with Crippen LogP contribution in [0.2, 0.25) is 0 Å². The highest BCUT2D eigenvalue weighted by molar-refractivity contribution is 5.87. The molecule has 0 bridgehead atoms. The molecular weight excluding hydrogens is 352 g/mol. The first-order valence-electron chi connectivity index (χ1n) is 9.23.